The van der Waals surface area contributed by atoms with Gasteiger partial charge in [0.1, 0.15) is 0 Å². The van der Waals surface area contributed by atoms with Gasteiger partial charge in [0.2, 0.25) is 0 Å². The molecule has 2 rings (SSSR count). The molecule has 2 amide bonds. The highest BCUT2D eigenvalue weighted by Gasteiger charge is 2.25. The van der Waals surface area contributed by atoms with Gasteiger partial charge < -0.3 is 15.5 Å². The second kappa shape index (κ2) is 11.0. The number of benzene rings is 2. The highest BCUT2D eigenvalue weighted by molar-refractivity contribution is 7.98. The molecule has 2 aromatic carbocycles. The molecule has 3 atom stereocenters. The van der Waals surface area contributed by atoms with Crippen LogP contribution in [0.15, 0.2) is 53.4 Å². The SMILES string of the molecule is CC[C@@H](C)c1ccccc1NC(=O)[C@H](C)[NH+](C)CC(=O)Nc1ccccc1SC. The Balaban J connectivity index is 1.98. The molecule has 0 heterocycles. The van der Waals surface area contributed by atoms with Gasteiger partial charge in [-0.15, -0.1) is 11.8 Å². The summed E-state index contributed by atoms with van der Waals surface area (Å²) in [6, 6.07) is 15.3. The number of anilines is 2. The Bertz CT molecular complexity index is 840. The average molecular weight is 415 g/mol. The van der Waals surface area contributed by atoms with Crippen molar-refractivity contribution < 1.29 is 14.5 Å². The normalized spacial score (nSPS) is 14.0. The highest BCUT2D eigenvalue weighted by atomic mass is 32.2. The molecule has 0 bridgehead atoms. The van der Waals surface area contributed by atoms with E-state index >= 15 is 0 Å². The van der Waals surface area contributed by atoms with Crippen molar-refractivity contribution in [1.29, 1.82) is 0 Å². The first-order valence-corrected chi connectivity index (χ1v) is 11.2. The lowest BCUT2D eigenvalue weighted by Gasteiger charge is -2.22. The minimum Gasteiger partial charge on any atom is -0.321 e. The number of para-hydroxylation sites is 2. The van der Waals surface area contributed by atoms with Crippen LogP contribution in [0.2, 0.25) is 0 Å². The fraction of sp³-hybridized carbons (Fsp3) is 0.391. The van der Waals surface area contributed by atoms with Crippen molar-refractivity contribution in [2.45, 2.75) is 44.0 Å². The van der Waals surface area contributed by atoms with Crippen molar-refractivity contribution in [2.75, 3.05) is 30.5 Å². The van der Waals surface area contributed by atoms with E-state index in [-0.39, 0.29) is 24.4 Å². The van der Waals surface area contributed by atoms with Crippen molar-refractivity contribution in [3.05, 3.63) is 54.1 Å². The maximum absolute atomic E-state index is 12.8. The summed E-state index contributed by atoms with van der Waals surface area (Å²) >= 11 is 1.59. The Kier molecular flexibility index (Phi) is 8.73. The Hall–Kier alpha value is -2.31. The molecule has 6 heteroatoms. The fourth-order valence-corrected chi connectivity index (χ4v) is 3.63. The van der Waals surface area contributed by atoms with E-state index in [9.17, 15) is 9.59 Å². The molecule has 0 saturated heterocycles. The van der Waals surface area contributed by atoms with Crippen molar-refractivity contribution >= 4 is 35.0 Å². The largest absolute Gasteiger partial charge is 0.321 e. The first-order valence-electron chi connectivity index (χ1n) is 10.0. The van der Waals surface area contributed by atoms with Gasteiger partial charge in [0, 0.05) is 10.6 Å². The number of thioether (sulfide) groups is 1. The number of carbonyl (C=O) groups excluding carboxylic acids is 2. The minimum absolute atomic E-state index is 0.0874. The molecule has 156 valence electrons. The van der Waals surface area contributed by atoms with Crippen molar-refractivity contribution in [2.24, 2.45) is 0 Å². The number of quaternary nitrogens is 1. The summed E-state index contributed by atoms with van der Waals surface area (Å²) in [5.41, 5.74) is 2.79. The molecule has 0 saturated carbocycles. The van der Waals surface area contributed by atoms with Crippen LogP contribution in [0.25, 0.3) is 0 Å². The molecule has 5 nitrogen and oxygen atoms in total. The van der Waals surface area contributed by atoms with Gasteiger partial charge in [-0.25, -0.2) is 0 Å². The molecular formula is C23H32N3O2S+. The Morgan fingerprint density at radius 1 is 1.00 bits per heavy atom. The average Bonchev–Trinajstić information content (AvgIpc) is 2.73. The Morgan fingerprint density at radius 2 is 1.62 bits per heavy atom. The summed E-state index contributed by atoms with van der Waals surface area (Å²) in [4.78, 5) is 27.1. The van der Waals surface area contributed by atoms with Crippen LogP contribution in [0.1, 0.15) is 38.7 Å². The van der Waals surface area contributed by atoms with Crippen LogP contribution in [0.3, 0.4) is 0 Å². The molecule has 0 aromatic heterocycles. The van der Waals surface area contributed by atoms with Gasteiger partial charge in [0.15, 0.2) is 12.6 Å². The van der Waals surface area contributed by atoms with Gasteiger partial charge in [-0.05, 0) is 49.3 Å². The number of nitrogens with one attached hydrogen (secondary N) is 3. The Morgan fingerprint density at radius 3 is 2.28 bits per heavy atom. The third kappa shape index (κ3) is 6.34. The molecule has 0 aliphatic carbocycles. The molecular weight excluding hydrogens is 382 g/mol. The van der Waals surface area contributed by atoms with Crippen LogP contribution < -0.4 is 15.5 Å². The van der Waals surface area contributed by atoms with E-state index < -0.39 is 0 Å². The van der Waals surface area contributed by atoms with E-state index in [1.807, 2.05) is 62.7 Å². The molecule has 0 aliphatic heterocycles. The lowest BCUT2D eigenvalue weighted by atomic mass is 9.97. The Labute approximate surface area is 178 Å². The summed E-state index contributed by atoms with van der Waals surface area (Å²) in [5.74, 6) is 0.174. The van der Waals surface area contributed by atoms with E-state index in [4.69, 9.17) is 0 Å². The van der Waals surface area contributed by atoms with Crippen LogP contribution in [0, 0.1) is 0 Å². The van der Waals surface area contributed by atoms with Crippen molar-refractivity contribution in [3.63, 3.8) is 0 Å². The summed E-state index contributed by atoms with van der Waals surface area (Å²) < 4.78 is 0. The second-order valence-electron chi connectivity index (χ2n) is 7.38. The number of rotatable bonds is 9. The molecule has 2 aromatic rings. The first kappa shape index (κ1) is 23.0. The van der Waals surface area contributed by atoms with Crippen LogP contribution in [0.5, 0.6) is 0 Å². The zero-order valence-electron chi connectivity index (χ0n) is 17.9. The quantitative estimate of drug-likeness (QED) is 0.551. The third-order valence-corrected chi connectivity index (χ3v) is 6.11. The van der Waals surface area contributed by atoms with Gasteiger partial charge in [0.25, 0.3) is 11.8 Å². The zero-order valence-corrected chi connectivity index (χ0v) is 18.7. The minimum atomic E-state index is -0.360. The monoisotopic (exact) mass is 414 g/mol. The molecule has 0 aliphatic rings. The van der Waals surface area contributed by atoms with Crippen molar-refractivity contribution in [3.8, 4) is 0 Å². The maximum Gasteiger partial charge on any atom is 0.282 e. The molecule has 0 radical (unpaired) electrons. The lowest BCUT2D eigenvalue weighted by Crippen LogP contribution is -3.14. The number of hydrogen-bond donors (Lipinski definition) is 3. The topological polar surface area (TPSA) is 62.6 Å². The zero-order chi connectivity index (χ0) is 21.4. The maximum atomic E-state index is 12.8. The second-order valence-corrected chi connectivity index (χ2v) is 8.23. The summed E-state index contributed by atoms with van der Waals surface area (Å²) in [6.07, 6.45) is 2.98. The summed E-state index contributed by atoms with van der Waals surface area (Å²) in [6.45, 7) is 6.35. The number of carbonyl (C=O) groups is 2. The molecule has 1 unspecified atom stereocenters. The fourth-order valence-electron chi connectivity index (χ4n) is 3.07. The molecule has 29 heavy (non-hydrogen) atoms. The van der Waals surface area contributed by atoms with E-state index in [0.717, 1.165) is 33.2 Å². The smallest absolute Gasteiger partial charge is 0.282 e. The lowest BCUT2D eigenvalue weighted by molar-refractivity contribution is -0.885. The van der Waals surface area contributed by atoms with E-state index in [2.05, 4.69) is 30.5 Å². The van der Waals surface area contributed by atoms with Crippen LogP contribution >= 0.6 is 11.8 Å². The summed E-state index contributed by atoms with van der Waals surface area (Å²) in [5, 5.41) is 6.01. The standard InChI is InChI=1S/C23H31N3O2S/c1-6-16(2)18-11-7-8-12-19(18)25-23(28)17(3)26(4)15-22(27)24-20-13-9-10-14-21(20)29-5/h7-14,16-17H,6,15H2,1-5H3,(H,24,27)(H,25,28)/p+1/t16-,17+/m1/s1. The van der Waals surface area contributed by atoms with Gasteiger partial charge >= 0.3 is 0 Å². The van der Waals surface area contributed by atoms with E-state index in [1.54, 1.807) is 11.8 Å². The predicted molar refractivity (Wildman–Crippen MR) is 122 cm³/mol. The number of amides is 2. The predicted octanol–water partition coefficient (Wildman–Crippen LogP) is 3.40. The van der Waals surface area contributed by atoms with Crippen LogP contribution in [-0.4, -0.2) is 37.7 Å². The van der Waals surface area contributed by atoms with Crippen LogP contribution in [0.4, 0.5) is 11.4 Å². The highest BCUT2D eigenvalue weighted by Crippen LogP contribution is 2.26. The molecule has 0 spiro atoms. The number of hydrogen-bond acceptors (Lipinski definition) is 3. The molecule has 3 N–H and O–H groups in total. The third-order valence-electron chi connectivity index (χ3n) is 5.31. The number of likely N-dealkylation sites (N-methyl/N-ethyl adjacent to an activating group) is 1. The van der Waals surface area contributed by atoms with Gasteiger partial charge in [-0.2, -0.15) is 0 Å². The van der Waals surface area contributed by atoms with E-state index in [0.29, 0.717) is 5.92 Å². The first-order chi connectivity index (χ1) is 13.9. The van der Waals surface area contributed by atoms with Gasteiger partial charge in [0.05, 0.1) is 12.7 Å². The molecule has 0 fully saturated rings. The van der Waals surface area contributed by atoms with Gasteiger partial charge in [-0.1, -0.05) is 44.2 Å². The van der Waals surface area contributed by atoms with Crippen molar-refractivity contribution in [1.82, 2.24) is 0 Å². The summed E-state index contributed by atoms with van der Waals surface area (Å²) in [7, 11) is 1.87. The van der Waals surface area contributed by atoms with Gasteiger partial charge in [-0.3, -0.25) is 9.59 Å². The van der Waals surface area contributed by atoms with E-state index in [1.165, 1.54) is 0 Å². The van der Waals surface area contributed by atoms with Crippen LogP contribution in [-0.2, 0) is 9.59 Å².